The summed E-state index contributed by atoms with van der Waals surface area (Å²) in [6.07, 6.45) is 77.9. The van der Waals surface area contributed by atoms with Gasteiger partial charge in [0.25, 0.3) is 0 Å². The SMILES string of the molecule is CCCCCCCCCC/C=C/C(O)C(CO)NC(=O)CCCCCCCCCCCCCCCCCCC/C=C\C/C=C\CCCCCCCCCCCOC(=O)CCCCCCCCCCCCCC. The molecule has 2 unspecified atom stereocenters. The van der Waals surface area contributed by atoms with E-state index >= 15 is 0 Å². The molecule has 0 radical (unpaired) electrons. The molecule has 0 spiro atoms. The Morgan fingerprint density at radius 2 is 0.694 bits per heavy atom. The smallest absolute Gasteiger partial charge is 0.305 e. The van der Waals surface area contributed by atoms with Crippen LogP contribution in [0.1, 0.15) is 348 Å². The molecule has 0 saturated heterocycles. The third kappa shape index (κ3) is 57.4. The average molecular weight is 1010 g/mol. The minimum Gasteiger partial charge on any atom is -0.466 e. The lowest BCUT2D eigenvalue weighted by molar-refractivity contribution is -0.143. The number of hydrogen-bond donors (Lipinski definition) is 3. The molecule has 424 valence electrons. The van der Waals surface area contributed by atoms with Crippen LogP contribution in [0.3, 0.4) is 0 Å². The summed E-state index contributed by atoms with van der Waals surface area (Å²) in [5, 5.41) is 23.0. The first-order valence-electron chi connectivity index (χ1n) is 32.3. The summed E-state index contributed by atoms with van der Waals surface area (Å²) in [4.78, 5) is 24.4. The number of carbonyl (C=O) groups is 2. The molecule has 0 aliphatic rings. The summed E-state index contributed by atoms with van der Waals surface area (Å²) in [7, 11) is 0. The second kappa shape index (κ2) is 61.6. The van der Waals surface area contributed by atoms with E-state index in [0.29, 0.717) is 19.4 Å². The predicted molar refractivity (Wildman–Crippen MR) is 315 cm³/mol. The van der Waals surface area contributed by atoms with E-state index in [9.17, 15) is 19.8 Å². The maximum absolute atomic E-state index is 12.4. The van der Waals surface area contributed by atoms with Gasteiger partial charge in [-0.25, -0.2) is 0 Å². The fourth-order valence-electron chi connectivity index (χ4n) is 9.96. The van der Waals surface area contributed by atoms with Crippen LogP contribution < -0.4 is 5.32 Å². The Bertz CT molecular complexity index is 1170. The van der Waals surface area contributed by atoms with Crippen LogP contribution >= 0.6 is 0 Å². The summed E-state index contributed by atoms with van der Waals surface area (Å²) in [5.74, 6) is -0.0527. The normalized spacial score (nSPS) is 12.8. The van der Waals surface area contributed by atoms with E-state index < -0.39 is 12.1 Å². The highest BCUT2D eigenvalue weighted by Gasteiger charge is 2.18. The van der Waals surface area contributed by atoms with Crippen LogP contribution in [0.2, 0.25) is 0 Å². The van der Waals surface area contributed by atoms with Gasteiger partial charge in [-0.2, -0.15) is 0 Å². The number of rotatable bonds is 60. The summed E-state index contributed by atoms with van der Waals surface area (Å²) >= 11 is 0. The van der Waals surface area contributed by atoms with Crippen LogP contribution in [0.15, 0.2) is 36.5 Å². The Morgan fingerprint density at radius 3 is 1.06 bits per heavy atom. The van der Waals surface area contributed by atoms with Crippen molar-refractivity contribution in [3.8, 4) is 0 Å². The summed E-state index contributed by atoms with van der Waals surface area (Å²) < 4.78 is 5.47. The molecule has 0 aromatic carbocycles. The zero-order valence-electron chi connectivity index (χ0n) is 48.4. The number of aliphatic hydroxyl groups excluding tert-OH is 2. The monoisotopic (exact) mass is 1010 g/mol. The van der Waals surface area contributed by atoms with Crippen molar-refractivity contribution in [1.82, 2.24) is 5.32 Å². The zero-order valence-corrected chi connectivity index (χ0v) is 48.4. The maximum atomic E-state index is 12.4. The van der Waals surface area contributed by atoms with Crippen molar-refractivity contribution in [3.05, 3.63) is 36.5 Å². The Morgan fingerprint density at radius 1 is 0.389 bits per heavy atom. The van der Waals surface area contributed by atoms with E-state index in [1.54, 1.807) is 6.08 Å². The number of carbonyl (C=O) groups excluding carboxylic acids is 2. The molecule has 72 heavy (non-hydrogen) atoms. The van der Waals surface area contributed by atoms with Gasteiger partial charge in [0.05, 0.1) is 25.4 Å². The second-order valence-corrected chi connectivity index (χ2v) is 22.1. The first-order valence-corrected chi connectivity index (χ1v) is 32.3. The topological polar surface area (TPSA) is 95.9 Å². The van der Waals surface area contributed by atoms with Gasteiger partial charge < -0.3 is 20.3 Å². The van der Waals surface area contributed by atoms with Crippen molar-refractivity contribution < 1.29 is 24.5 Å². The average Bonchev–Trinajstić information content (AvgIpc) is 3.38. The molecule has 0 aromatic rings. The molecule has 2 atom stereocenters. The lowest BCUT2D eigenvalue weighted by atomic mass is 10.0. The van der Waals surface area contributed by atoms with Crippen LogP contribution in [-0.2, 0) is 14.3 Å². The fraction of sp³-hybridized carbons (Fsp3) is 0.879. The quantitative estimate of drug-likeness (QED) is 0.0320. The summed E-state index contributed by atoms with van der Waals surface area (Å²) in [5.41, 5.74) is 0. The van der Waals surface area contributed by atoms with E-state index in [2.05, 4.69) is 43.5 Å². The lowest BCUT2D eigenvalue weighted by Crippen LogP contribution is -2.45. The van der Waals surface area contributed by atoms with Crippen molar-refractivity contribution in [2.45, 2.75) is 360 Å². The van der Waals surface area contributed by atoms with E-state index in [1.165, 1.54) is 276 Å². The number of aliphatic hydroxyl groups is 2. The van der Waals surface area contributed by atoms with Gasteiger partial charge >= 0.3 is 5.97 Å². The molecule has 3 N–H and O–H groups in total. The lowest BCUT2D eigenvalue weighted by Gasteiger charge is -2.20. The van der Waals surface area contributed by atoms with Gasteiger partial charge in [-0.05, 0) is 64.2 Å². The van der Waals surface area contributed by atoms with E-state index in [0.717, 1.165) is 44.9 Å². The highest BCUT2D eigenvalue weighted by Crippen LogP contribution is 2.17. The maximum Gasteiger partial charge on any atom is 0.305 e. The molecule has 0 aliphatic carbocycles. The molecule has 6 heteroatoms. The third-order valence-electron chi connectivity index (χ3n) is 14.9. The van der Waals surface area contributed by atoms with Gasteiger partial charge in [0.2, 0.25) is 5.91 Å². The number of nitrogens with one attached hydrogen (secondary N) is 1. The van der Waals surface area contributed by atoms with Crippen molar-refractivity contribution in [1.29, 1.82) is 0 Å². The molecule has 0 rings (SSSR count). The Hall–Kier alpha value is -1.92. The highest BCUT2D eigenvalue weighted by molar-refractivity contribution is 5.76. The van der Waals surface area contributed by atoms with Crippen LogP contribution in [0.4, 0.5) is 0 Å². The van der Waals surface area contributed by atoms with Gasteiger partial charge in [-0.1, -0.05) is 307 Å². The van der Waals surface area contributed by atoms with Crippen molar-refractivity contribution in [2.75, 3.05) is 13.2 Å². The number of allylic oxidation sites excluding steroid dienone is 5. The Balaban J connectivity index is 3.37. The minimum atomic E-state index is -0.841. The zero-order chi connectivity index (χ0) is 52.2. The van der Waals surface area contributed by atoms with E-state index in [4.69, 9.17) is 4.74 Å². The molecule has 0 saturated carbocycles. The molecule has 0 aromatic heterocycles. The molecule has 0 aliphatic heterocycles. The fourth-order valence-corrected chi connectivity index (χ4v) is 9.96. The number of esters is 1. The molecule has 0 bridgehead atoms. The summed E-state index contributed by atoms with van der Waals surface area (Å²) in [6, 6.07) is -0.624. The predicted octanol–water partition coefficient (Wildman–Crippen LogP) is 20.4. The minimum absolute atomic E-state index is 0.0146. The third-order valence-corrected chi connectivity index (χ3v) is 14.9. The number of hydrogen-bond acceptors (Lipinski definition) is 5. The van der Waals surface area contributed by atoms with Crippen LogP contribution in [0.5, 0.6) is 0 Å². The van der Waals surface area contributed by atoms with Gasteiger partial charge in [0, 0.05) is 12.8 Å². The largest absolute Gasteiger partial charge is 0.466 e. The van der Waals surface area contributed by atoms with Crippen molar-refractivity contribution >= 4 is 11.9 Å². The van der Waals surface area contributed by atoms with E-state index in [1.807, 2.05) is 6.08 Å². The first kappa shape index (κ1) is 70.1. The van der Waals surface area contributed by atoms with Crippen LogP contribution in [0.25, 0.3) is 0 Å². The molecular formula is C66H125NO5. The first-order chi connectivity index (χ1) is 35.5. The number of amides is 1. The molecular weight excluding hydrogens is 887 g/mol. The van der Waals surface area contributed by atoms with Crippen LogP contribution in [0, 0.1) is 0 Å². The standard InChI is InChI=1S/C66H125NO5/c1-3-5-7-9-11-13-15-40-44-48-52-56-60-66(71)72-61-57-53-49-45-41-38-36-34-32-30-28-26-24-22-20-18-16-17-19-21-23-25-27-29-31-33-35-37-39-43-47-51-55-59-65(70)67-63(62-68)64(69)58-54-50-46-42-14-12-10-8-6-4-2/h20,22,26,28,54,58,63-64,68-69H,3-19,21,23-25,27,29-53,55-57,59-62H2,1-2H3,(H,67,70)/b22-20-,28-26-,58-54+. The van der Waals surface area contributed by atoms with Crippen molar-refractivity contribution in [3.63, 3.8) is 0 Å². The molecule has 0 fully saturated rings. The van der Waals surface area contributed by atoms with Gasteiger partial charge in [-0.15, -0.1) is 0 Å². The second-order valence-electron chi connectivity index (χ2n) is 22.1. The summed E-state index contributed by atoms with van der Waals surface area (Å²) in [6.45, 7) is 4.89. The number of ether oxygens (including phenoxy) is 1. The van der Waals surface area contributed by atoms with Gasteiger partial charge in [0.15, 0.2) is 0 Å². The van der Waals surface area contributed by atoms with Gasteiger partial charge in [-0.3, -0.25) is 9.59 Å². The van der Waals surface area contributed by atoms with Gasteiger partial charge in [0.1, 0.15) is 0 Å². The van der Waals surface area contributed by atoms with Crippen molar-refractivity contribution in [2.24, 2.45) is 0 Å². The number of unbranched alkanes of at least 4 members (excludes halogenated alkanes) is 45. The molecule has 1 amide bonds. The Labute approximate surface area is 449 Å². The molecule has 0 heterocycles. The molecule has 6 nitrogen and oxygen atoms in total. The highest BCUT2D eigenvalue weighted by atomic mass is 16.5. The Kier molecular flexibility index (Phi) is 60.0. The van der Waals surface area contributed by atoms with E-state index in [-0.39, 0.29) is 18.5 Å². The van der Waals surface area contributed by atoms with Crippen LogP contribution in [-0.4, -0.2) is 47.4 Å².